The van der Waals surface area contributed by atoms with Gasteiger partial charge in [0.1, 0.15) is 0 Å². The SMILES string of the molecule is CC(NCCOCCN(C)C)c1ccc(Br)s1. The molecule has 1 rings (SSSR count). The lowest BCUT2D eigenvalue weighted by Crippen LogP contribution is -2.24. The first kappa shape index (κ1) is 15.1. The summed E-state index contributed by atoms with van der Waals surface area (Å²) in [5.74, 6) is 0. The minimum atomic E-state index is 0.392. The molecule has 5 heteroatoms. The standard InChI is InChI=1S/C12H21BrN2OS/c1-10(11-4-5-12(13)17-11)14-6-8-16-9-7-15(2)3/h4-5,10,14H,6-9H2,1-3H3. The number of hydrogen-bond donors (Lipinski definition) is 1. The molecule has 1 heterocycles. The van der Waals surface area contributed by atoms with Gasteiger partial charge in [0.15, 0.2) is 0 Å². The van der Waals surface area contributed by atoms with E-state index in [1.165, 1.54) is 8.66 Å². The summed E-state index contributed by atoms with van der Waals surface area (Å²) in [5.41, 5.74) is 0. The molecule has 1 N–H and O–H groups in total. The predicted molar refractivity (Wildman–Crippen MR) is 77.8 cm³/mol. The Labute approximate surface area is 116 Å². The third-order valence-corrected chi connectivity index (χ3v) is 4.21. The van der Waals surface area contributed by atoms with Crippen molar-refractivity contribution in [1.82, 2.24) is 10.2 Å². The van der Waals surface area contributed by atoms with Gasteiger partial charge in [0.05, 0.1) is 17.0 Å². The number of thiophene rings is 1. The van der Waals surface area contributed by atoms with E-state index in [0.717, 1.165) is 26.3 Å². The smallest absolute Gasteiger partial charge is 0.0701 e. The van der Waals surface area contributed by atoms with Crippen LogP contribution in [-0.4, -0.2) is 45.3 Å². The molecule has 0 aliphatic carbocycles. The average Bonchev–Trinajstić information content (AvgIpc) is 2.69. The van der Waals surface area contributed by atoms with Gasteiger partial charge in [0.25, 0.3) is 0 Å². The summed E-state index contributed by atoms with van der Waals surface area (Å²) in [6.07, 6.45) is 0. The molecule has 0 amide bonds. The van der Waals surface area contributed by atoms with Gasteiger partial charge in [-0.25, -0.2) is 0 Å². The Morgan fingerprint density at radius 1 is 1.41 bits per heavy atom. The van der Waals surface area contributed by atoms with Crippen LogP contribution in [0.25, 0.3) is 0 Å². The highest BCUT2D eigenvalue weighted by atomic mass is 79.9. The van der Waals surface area contributed by atoms with Crippen molar-refractivity contribution in [2.24, 2.45) is 0 Å². The highest BCUT2D eigenvalue weighted by Crippen LogP contribution is 2.26. The van der Waals surface area contributed by atoms with Gasteiger partial charge in [-0.1, -0.05) is 0 Å². The zero-order valence-electron chi connectivity index (χ0n) is 10.7. The first-order valence-electron chi connectivity index (χ1n) is 5.80. The summed E-state index contributed by atoms with van der Waals surface area (Å²) in [6, 6.07) is 4.63. The van der Waals surface area contributed by atoms with Gasteiger partial charge in [0.2, 0.25) is 0 Å². The minimum absolute atomic E-state index is 0.392. The van der Waals surface area contributed by atoms with E-state index < -0.39 is 0 Å². The van der Waals surface area contributed by atoms with Crippen LogP contribution in [0.5, 0.6) is 0 Å². The van der Waals surface area contributed by atoms with Crippen molar-refractivity contribution >= 4 is 27.3 Å². The normalized spacial score (nSPS) is 13.2. The van der Waals surface area contributed by atoms with Gasteiger partial charge in [-0.3, -0.25) is 0 Å². The molecular formula is C12H21BrN2OS. The summed E-state index contributed by atoms with van der Waals surface area (Å²) in [5, 5.41) is 3.45. The fourth-order valence-corrected chi connectivity index (χ4v) is 2.81. The maximum absolute atomic E-state index is 5.53. The van der Waals surface area contributed by atoms with Gasteiger partial charge < -0.3 is 15.0 Å². The number of halogens is 1. The number of hydrogen-bond acceptors (Lipinski definition) is 4. The Morgan fingerprint density at radius 3 is 2.76 bits per heavy atom. The fourth-order valence-electron chi connectivity index (χ4n) is 1.36. The number of nitrogens with one attached hydrogen (secondary N) is 1. The molecule has 98 valence electrons. The molecule has 1 unspecified atom stereocenters. The van der Waals surface area contributed by atoms with E-state index in [2.05, 4.69) is 59.3 Å². The van der Waals surface area contributed by atoms with Crippen molar-refractivity contribution in [1.29, 1.82) is 0 Å². The maximum Gasteiger partial charge on any atom is 0.0701 e. The minimum Gasteiger partial charge on any atom is -0.379 e. The van der Waals surface area contributed by atoms with E-state index in [1.54, 1.807) is 11.3 Å². The second kappa shape index (κ2) is 8.21. The van der Waals surface area contributed by atoms with Crippen molar-refractivity contribution in [3.05, 3.63) is 20.8 Å². The zero-order valence-corrected chi connectivity index (χ0v) is 13.1. The van der Waals surface area contributed by atoms with Crippen molar-refractivity contribution in [3.63, 3.8) is 0 Å². The Morgan fingerprint density at radius 2 is 2.18 bits per heavy atom. The molecular weight excluding hydrogens is 300 g/mol. The molecule has 0 saturated heterocycles. The first-order chi connectivity index (χ1) is 8.09. The van der Waals surface area contributed by atoms with Gasteiger partial charge >= 0.3 is 0 Å². The third kappa shape index (κ3) is 6.52. The van der Waals surface area contributed by atoms with Crippen molar-refractivity contribution in [2.75, 3.05) is 40.4 Å². The lowest BCUT2D eigenvalue weighted by Gasteiger charge is -2.13. The number of likely N-dealkylation sites (N-methyl/N-ethyl adjacent to an activating group) is 1. The zero-order chi connectivity index (χ0) is 12.7. The molecule has 1 atom stereocenters. The van der Waals surface area contributed by atoms with Crippen molar-refractivity contribution in [3.8, 4) is 0 Å². The molecule has 0 radical (unpaired) electrons. The highest BCUT2D eigenvalue weighted by molar-refractivity contribution is 9.11. The lowest BCUT2D eigenvalue weighted by molar-refractivity contribution is 0.118. The number of rotatable bonds is 8. The van der Waals surface area contributed by atoms with Crippen molar-refractivity contribution < 1.29 is 4.74 Å². The molecule has 1 aromatic rings. The maximum atomic E-state index is 5.53. The molecule has 0 fully saturated rings. The quantitative estimate of drug-likeness (QED) is 0.745. The second-order valence-electron chi connectivity index (χ2n) is 4.23. The molecule has 0 bridgehead atoms. The van der Waals surface area contributed by atoms with E-state index in [0.29, 0.717) is 6.04 Å². The van der Waals surface area contributed by atoms with E-state index in [-0.39, 0.29) is 0 Å². The van der Waals surface area contributed by atoms with Crippen molar-refractivity contribution in [2.45, 2.75) is 13.0 Å². The van der Waals surface area contributed by atoms with Crippen LogP contribution in [0.2, 0.25) is 0 Å². The summed E-state index contributed by atoms with van der Waals surface area (Å²) in [6.45, 7) is 5.62. The summed E-state index contributed by atoms with van der Waals surface area (Å²) < 4.78 is 6.71. The first-order valence-corrected chi connectivity index (χ1v) is 7.41. The lowest BCUT2D eigenvalue weighted by atomic mass is 10.3. The summed E-state index contributed by atoms with van der Waals surface area (Å²) in [7, 11) is 4.11. The van der Waals surface area contributed by atoms with Gasteiger partial charge in [0, 0.05) is 24.0 Å². The van der Waals surface area contributed by atoms with Gasteiger partial charge in [-0.05, 0) is 49.1 Å². The molecule has 1 aromatic heterocycles. The molecule has 0 aromatic carbocycles. The predicted octanol–water partition coefficient (Wildman–Crippen LogP) is 2.74. The van der Waals surface area contributed by atoms with Crippen LogP contribution in [0, 0.1) is 0 Å². The highest BCUT2D eigenvalue weighted by Gasteiger charge is 2.06. The molecule has 0 aliphatic rings. The van der Waals surface area contributed by atoms with Crippen LogP contribution in [-0.2, 0) is 4.74 Å². The van der Waals surface area contributed by atoms with Crippen LogP contribution >= 0.6 is 27.3 Å². The topological polar surface area (TPSA) is 24.5 Å². The summed E-state index contributed by atoms with van der Waals surface area (Å²) >= 11 is 5.25. The Kier molecular flexibility index (Phi) is 7.30. The third-order valence-electron chi connectivity index (χ3n) is 2.40. The Hall–Kier alpha value is 0.0600. The second-order valence-corrected chi connectivity index (χ2v) is 6.73. The molecule has 0 saturated carbocycles. The molecule has 3 nitrogen and oxygen atoms in total. The Balaban J connectivity index is 2.06. The van der Waals surface area contributed by atoms with Crippen LogP contribution in [0.4, 0.5) is 0 Å². The van der Waals surface area contributed by atoms with Crippen LogP contribution in [0.15, 0.2) is 15.9 Å². The summed E-state index contributed by atoms with van der Waals surface area (Å²) in [4.78, 5) is 3.48. The van der Waals surface area contributed by atoms with E-state index in [9.17, 15) is 0 Å². The molecule has 0 spiro atoms. The Bertz CT molecular complexity index is 317. The molecule has 0 aliphatic heterocycles. The fraction of sp³-hybridized carbons (Fsp3) is 0.667. The van der Waals surface area contributed by atoms with Crippen LogP contribution in [0.3, 0.4) is 0 Å². The largest absolute Gasteiger partial charge is 0.379 e. The van der Waals surface area contributed by atoms with E-state index in [1.807, 2.05) is 0 Å². The number of ether oxygens (including phenoxy) is 1. The van der Waals surface area contributed by atoms with Gasteiger partial charge in [-0.15, -0.1) is 11.3 Å². The monoisotopic (exact) mass is 320 g/mol. The van der Waals surface area contributed by atoms with E-state index in [4.69, 9.17) is 4.74 Å². The number of nitrogens with zero attached hydrogens (tertiary/aromatic N) is 1. The molecule has 17 heavy (non-hydrogen) atoms. The van der Waals surface area contributed by atoms with Crippen LogP contribution < -0.4 is 5.32 Å². The van der Waals surface area contributed by atoms with Gasteiger partial charge in [-0.2, -0.15) is 0 Å². The average molecular weight is 321 g/mol. The van der Waals surface area contributed by atoms with E-state index >= 15 is 0 Å². The van der Waals surface area contributed by atoms with Crippen LogP contribution in [0.1, 0.15) is 17.8 Å².